The van der Waals surface area contributed by atoms with Crippen LogP contribution in [0.3, 0.4) is 0 Å². The van der Waals surface area contributed by atoms with E-state index in [1.807, 2.05) is 36.4 Å². The fraction of sp³-hybridized carbons (Fsp3) is 0.348. The molecule has 0 bridgehead atoms. The molecule has 0 radical (unpaired) electrons. The zero-order valence-corrected chi connectivity index (χ0v) is 16.6. The highest BCUT2D eigenvalue weighted by Crippen LogP contribution is 2.44. The number of ether oxygens (including phenoxy) is 2. The van der Waals surface area contributed by atoms with Crippen molar-refractivity contribution in [3.05, 3.63) is 59.7 Å². The van der Waals surface area contributed by atoms with Gasteiger partial charge in [0.05, 0.1) is 7.11 Å². The maximum absolute atomic E-state index is 12.8. The first-order valence-corrected chi connectivity index (χ1v) is 9.90. The molecule has 1 amide bonds. The van der Waals surface area contributed by atoms with Crippen molar-refractivity contribution >= 4 is 18.0 Å². The lowest BCUT2D eigenvalue weighted by molar-refractivity contribution is -0.145. The molecule has 2 aromatic rings. The highest BCUT2D eigenvalue weighted by atomic mass is 16.6. The summed E-state index contributed by atoms with van der Waals surface area (Å²) in [6, 6.07) is 15.2. The van der Waals surface area contributed by atoms with Crippen LogP contribution in [-0.2, 0) is 19.1 Å². The zero-order chi connectivity index (χ0) is 21.3. The number of esters is 1. The SMILES string of the molecule is COC(=O)[C@@H]1C[C@H](CC(=O)O)CN1C(=O)OCC1c2ccccc2-c2ccccc21. The van der Waals surface area contributed by atoms with Gasteiger partial charge in [-0.2, -0.15) is 0 Å². The first kappa shape index (κ1) is 19.9. The monoisotopic (exact) mass is 409 g/mol. The van der Waals surface area contributed by atoms with Crippen LogP contribution in [0, 0.1) is 5.92 Å². The number of carboxylic acid groups (broad SMARTS) is 1. The quantitative estimate of drug-likeness (QED) is 0.762. The molecule has 1 saturated heterocycles. The molecule has 4 rings (SSSR count). The number of aliphatic carboxylic acids is 1. The smallest absolute Gasteiger partial charge is 0.410 e. The number of hydrogen-bond donors (Lipinski definition) is 1. The Hall–Kier alpha value is -3.35. The standard InChI is InChI=1S/C23H23NO6/c1-29-22(27)20-10-14(11-21(25)26)12-24(20)23(28)30-13-19-17-8-4-2-6-15(17)16-7-3-5-9-18(16)19/h2-9,14,19-20H,10-13H2,1H3,(H,25,26)/t14-,20+/m1/s1. The van der Waals surface area contributed by atoms with Gasteiger partial charge in [-0.25, -0.2) is 9.59 Å². The number of benzene rings is 2. The van der Waals surface area contributed by atoms with Gasteiger partial charge in [0.15, 0.2) is 0 Å². The summed E-state index contributed by atoms with van der Waals surface area (Å²) in [5, 5.41) is 9.06. The van der Waals surface area contributed by atoms with Crippen LogP contribution in [0.15, 0.2) is 48.5 Å². The molecule has 0 saturated carbocycles. The van der Waals surface area contributed by atoms with Gasteiger partial charge in [0.1, 0.15) is 12.6 Å². The molecular formula is C23H23NO6. The molecule has 156 valence electrons. The van der Waals surface area contributed by atoms with E-state index in [0.717, 1.165) is 22.3 Å². The van der Waals surface area contributed by atoms with Crippen LogP contribution in [0.4, 0.5) is 4.79 Å². The first-order chi connectivity index (χ1) is 14.5. The van der Waals surface area contributed by atoms with Crippen molar-refractivity contribution in [1.29, 1.82) is 0 Å². The topological polar surface area (TPSA) is 93.1 Å². The summed E-state index contributed by atoms with van der Waals surface area (Å²) in [7, 11) is 1.25. The number of nitrogens with zero attached hydrogens (tertiary/aromatic N) is 1. The lowest BCUT2D eigenvalue weighted by Gasteiger charge is -2.23. The molecule has 0 aromatic heterocycles. The maximum Gasteiger partial charge on any atom is 0.410 e. The summed E-state index contributed by atoms with van der Waals surface area (Å²) in [6.07, 6.45) is -0.482. The van der Waals surface area contributed by atoms with Gasteiger partial charge >= 0.3 is 18.0 Å². The molecule has 1 fully saturated rings. The van der Waals surface area contributed by atoms with Crippen LogP contribution < -0.4 is 0 Å². The van der Waals surface area contributed by atoms with E-state index >= 15 is 0 Å². The highest BCUT2D eigenvalue weighted by Gasteiger charge is 2.42. The Kier molecular flexibility index (Phi) is 5.44. The maximum atomic E-state index is 12.8. The van der Waals surface area contributed by atoms with Crippen molar-refractivity contribution in [2.75, 3.05) is 20.3 Å². The predicted octanol–water partition coefficient (Wildman–Crippen LogP) is 3.27. The van der Waals surface area contributed by atoms with E-state index in [1.165, 1.54) is 12.0 Å². The zero-order valence-electron chi connectivity index (χ0n) is 16.6. The number of carbonyl (C=O) groups excluding carboxylic acids is 2. The Labute approximate surface area is 174 Å². The second-order valence-electron chi connectivity index (χ2n) is 7.69. The van der Waals surface area contributed by atoms with Gasteiger partial charge < -0.3 is 14.6 Å². The summed E-state index contributed by atoms with van der Waals surface area (Å²) >= 11 is 0. The average molecular weight is 409 g/mol. The molecule has 1 aliphatic carbocycles. The van der Waals surface area contributed by atoms with E-state index in [9.17, 15) is 14.4 Å². The molecule has 1 heterocycles. The number of carbonyl (C=O) groups is 3. The van der Waals surface area contributed by atoms with Gasteiger partial charge in [-0.1, -0.05) is 48.5 Å². The number of amides is 1. The number of carboxylic acids is 1. The largest absolute Gasteiger partial charge is 0.481 e. The van der Waals surface area contributed by atoms with Gasteiger partial charge in [-0.15, -0.1) is 0 Å². The van der Waals surface area contributed by atoms with Crippen molar-refractivity contribution in [1.82, 2.24) is 4.90 Å². The van der Waals surface area contributed by atoms with E-state index in [0.29, 0.717) is 0 Å². The average Bonchev–Trinajstić information content (AvgIpc) is 3.30. The number of methoxy groups -OCH3 is 1. The van der Waals surface area contributed by atoms with E-state index < -0.39 is 24.1 Å². The molecule has 1 N–H and O–H groups in total. The van der Waals surface area contributed by atoms with Gasteiger partial charge in [0.25, 0.3) is 0 Å². The highest BCUT2D eigenvalue weighted by molar-refractivity contribution is 5.83. The van der Waals surface area contributed by atoms with Crippen LogP contribution in [0.25, 0.3) is 11.1 Å². The van der Waals surface area contributed by atoms with Crippen LogP contribution >= 0.6 is 0 Å². The third-order valence-electron chi connectivity index (χ3n) is 5.89. The Morgan fingerprint density at radius 1 is 1.03 bits per heavy atom. The molecular weight excluding hydrogens is 386 g/mol. The van der Waals surface area contributed by atoms with E-state index in [-0.39, 0.29) is 37.8 Å². The second-order valence-corrected chi connectivity index (χ2v) is 7.69. The normalized spacial score (nSPS) is 19.8. The van der Waals surface area contributed by atoms with E-state index in [4.69, 9.17) is 14.6 Å². The predicted molar refractivity (Wildman–Crippen MR) is 108 cm³/mol. The van der Waals surface area contributed by atoms with Crippen LogP contribution in [0.1, 0.15) is 29.9 Å². The summed E-state index contributed by atoms with van der Waals surface area (Å²) in [5.74, 6) is -1.92. The van der Waals surface area contributed by atoms with Gasteiger partial charge in [0, 0.05) is 18.9 Å². The number of rotatable bonds is 5. The van der Waals surface area contributed by atoms with Crippen LogP contribution in [0.2, 0.25) is 0 Å². The molecule has 2 aromatic carbocycles. The fourth-order valence-electron chi connectivity index (χ4n) is 4.56. The molecule has 2 aliphatic rings. The van der Waals surface area contributed by atoms with Gasteiger partial charge in [-0.05, 0) is 34.6 Å². The fourth-order valence-corrected chi connectivity index (χ4v) is 4.56. The van der Waals surface area contributed by atoms with Crippen molar-refractivity contribution in [3.8, 4) is 11.1 Å². The first-order valence-electron chi connectivity index (χ1n) is 9.90. The van der Waals surface area contributed by atoms with Crippen molar-refractivity contribution in [2.24, 2.45) is 5.92 Å². The van der Waals surface area contributed by atoms with Crippen molar-refractivity contribution in [3.63, 3.8) is 0 Å². The number of fused-ring (bicyclic) bond motifs is 3. The summed E-state index contributed by atoms with van der Waals surface area (Å²) in [5.41, 5.74) is 4.45. The van der Waals surface area contributed by atoms with E-state index in [1.54, 1.807) is 0 Å². The number of likely N-dealkylation sites (tertiary alicyclic amines) is 1. The van der Waals surface area contributed by atoms with Crippen LogP contribution in [-0.4, -0.2) is 54.3 Å². The lowest BCUT2D eigenvalue weighted by atomic mass is 9.98. The minimum atomic E-state index is -0.960. The lowest BCUT2D eigenvalue weighted by Crippen LogP contribution is -2.41. The Bertz CT molecular complexity index is 942. The summed E-state index contributed by atoms with van der Waals surface area (Å²) in [6.45, 7) is 0.295. The molecule has 1 aliphatic heterocycles. The van der Waals surface area contributed by atoms with Gasteiger partial charge in [0.2, 0.25) is 0 Å². The minimum absolute atomic E-state index is 0.0876. The molecule has 7 heteroatoms. The summed E-state index contributed by atoms with van der Waals surface area (Å²) in [4.78, 5) is 37.3. The Morgan fingerprint density at radius 3 is 2.20 bits per heavy atom. The second kappa shape index (κ2) is 8.18. The third kappa shape index (κ3) is 3.63. The third-order valence-corrected chi connectivity index (χ3v) is 5.89. The molecule has 2 atom stereocenters. The molecule has 0 spiro atoms. The molecule has 30 heavy (non-hydrogen) atoms. The van der Waals surface area contributed by atoms with E-state index in [2.05, 4.69) is 12.1 Å². The van der Waals surface area contributed by atoms with Gasteiger partial charge in [-0.3, -0.25) is 9.69 Å². The Morgan fingerprint density at radius 2 is 1.63 bits per heavy atom. The summed E-state index contributed by atoms with van der Waals surface area (Å²) < 4.78 is 10.4. The van der Waals surface area contributed by atoms with Crippen LogP contribution in [0.5, 0.6) is 0 Å². The Balaban J connectivity index is 1.50. The number of hydrogen-bond acceptors (Lipinski definition) is 5. The minimum Gasteiger partial charge on any atom is -0.481 e. The molecule has 0 unspecified atom stereocenters. The van der Waals surface area contributed by atoms with Crippen molar-refractivity contribution < 1.29 is 29.0 Å². The van der Waals surface area contributed by atoms with Crippen molar-refractivity contribution in [2.45, 2.75) is 24.8 Å². The molecule has 7 nitrogen and oxygen atoms in total.